The molecule has 0 atom stereocenters. The van der Waals surface area contributed by atoms with E-state index in [9.17, 15) is 18.0 Å². The smallest absolute Gasteiger partial charge is 0.360 e. The highest BCUT2D eigenvalue weighted by Crippen LogP contribution is 2.11. The Morgan fingerprint density at radius 2 is 1.80 bits per heavy atom. The first-order valence-electron chi connectivity index (χ1n) is 5.58. The van der Waals surface area contributed by atoms with E-state index in [1.54, 1.807) is 0 Å². The second kappa shape index (κ2) is 6.33. The highest BCUT2D eigenvalue weighted by atomic mass is 32.2. The lowest BCUT2D eigenvalue weighted by molar-refractivity contribution is -0.123. The average Bonchev–Trinajstić information content (AvgIpc) is 2.36. The first-order valence-corrected chi connectivity index (χ1v) is 7.02. The normalized spacial score (nSPS) is 10.7. The minimum Gasteiger partial charge on any atom is -0.360 e. The lowest BCUT2D eigenvalue weighted by atomic mass is 10.0. The molecule has 20 heavy (non-hydrogen) atoms. The van der Waals surface area contributed by atoms with Gasteiger partial charge in [0.1, 0.15) is 0 Å². The summed E-state index contributed by atoms with van der Waals surface area (Å²) < 4.78 is 30.5. The third-order valence-corrected chi connectivity index (χ3v) is 3.43. The van der Waals surface area contributed by atoms with Crippen molar-refractivity contribution in [3.8, 4) is 0 Å². The van der Waals surface area contributed by atoms with E-state index in [4.69, 9.17) is 10.1 Å². The van der Waals surface area contributed by atoms with E-state index in [1.165, 1.54) is 24.3 Å². The van der Waals surface area contributed by atoms with E-state index < -0.39 is 27.4 Å². The van der Waals surface area contributed by atoms with Gasteiger partial charge in [0, 0.05) is 13.3 Å². The van der Waals surface area contributed by atoms with Gasteiger partial charge in [-0.1, -0.05) is 12.1 Å². The van der Waals surface area contributed by atoms with Crippen LogP contribution in [0.5, 0.6) is 0 Å². The number of hydrogen-bond donors (Lipinski definition) is 1. The van der Waals surface area contributed by atoms with Gasteiger partial charge in [-0.3, -0.25) is 14.1 Å². The van der Waals surface area contributed by atoms with E-state index in [1.807, 2.05) is 0 Å². The lowest BCUT2D eigenvalue weighted by Gasteiger charge is -2.01. The summed E-state index contributed by atoms with van der Waals surface area (Å²) in [6.07, 6.45) is 0.196. The molecule has 0 aromatic heterocycles. The number of nitrogens with zero attached hydrogens (tertiary/aromatic N) is 2. The SMILES string of the molecule is CC(=O)C(=[N+]=[N-])C(=O)CCc1ccc(S(=O)(=O)O)cc1. The van der Waals surface area contributed by atoms with Crippen LogP contribution in [0.15, 0.2) is 29.2 Å². The maximum Gasteiger partial charge on any atom is 0.399 e. The number of Topliss-reactive ketones (excluding diaryl/α,β-unsaturated/α-hetero) is 2. The van der Waals surface area contributed by atoms with Gasteiger partial charge >= 0.3 is 5.71 Å². The zero-order valence-electron chi connectivity index (χ0n) is 10.6. The fraction of sp³-hybridized carbons (Fsp3) is 0.250. The van der Waals surface area contributed by atoms with Crippen molar-refractivity contribution in [1.82, 2.24) is 0 Å². The summed E-state index contributed by atoms with van der Waals surface area (Å²) in [7, 11) is -4.24. The molecule has 0 bridgehead atoms. The fourth-order valence-electron chi connectivity index (χ4n) is 1.53. The van der Waals surface area contributed by atoms with Crippen LogP contribution < -0.4 is 0 Å². The Morgan fingerprint density at radius 1 is 1.25 bits per heavy atom. The molecule has 0 spiro atoms. The maximum absolute atomic E-state index is 11.6. The lowest BCUT2D eigenvalue weighted by Crippen LogP contribution is -2.23. The quantitative estimate of drug-likeness (QED) is 0.272. The molecule has 0 amide bonds. The summed E-state index contributed by atoms with van der Waals surface area (Å²) in [5.41, 5.74) is 8.67. The van der Waals surface area contributed by atoms with Gasteiger partial charge in [0.05, 0.1) is 4.90 Å². The van der Waals surface area contributed by atoms with Crippen LogP contribution in [-0.4, -0.2) is 35.0 Å². The molecule has 0 heterocycles. The van der Waals surface area contributed by atoms with Gasteiger partial charge in [-0.15, -0.1) is 0 Å². The molecule has 1 aromatic carbocycles. The summed E-state index contributed by atoms with van der Waals surface area (Å²) >= 11 is 0. The number of carbonyl (C=O) groups is 2. The summed E-state index contributed by atoms with van der Waals surface area (Å²) in [6, 6.07) is 5.31. The van der Waals surface area contributed by atoms with Crippen LogP contribution in [0.4, 0.5) is 0 Å². The van der Waals surface area contributed by atoms with Crippen molar-refractivity contribution in [2.45, 2.75) is 24.7 Å². The predicted octanol–water partition coefficient (Wildman–Crippen LogP) is 0.695. The van der Waals surface area contributed by atoms with Gasteiger partial charge in [-0.25, -0.2) is 0 Å². The van der Waals surface area contributed by atoms with Gasteiger partial charge in [-0.2, -0.15) is 13.2 Å². The van der Waals surface area contributed by atoms with Crippen LogP contribution in [0.25, 0.3) is 5.53 Å². The highest BCUT2D eigenvalue weighted by Gasteiger charge is 2.24. The minimum atomic E-state index is -4.24. The minimum absolute atomic E-state index is 0.0514. The van der Waals surface area contributed by atoms with E-state index in [0.29, 0.717) is 5.56 Å². The Morgan fingerprint density at radius 3 is 2.20 bits per heavy atom. The Hall–Kier alpha value is -2.15. The Kier molecular flexibility index (Phi) is 5.04. The predicted molar refractivity (Wildman–Crippen MR) is 68.9 cm³/mol. The second-order valence-electron chi connectivity index (χ2n) is 4.05. The van der Waals surface area contributed by atoms with Gasteiger partial charge in [-0.05, 0) is 24.1 Å². The molecule has 0 saturated carbocycles. The molecule has 8 heteroatoms. The van der Waals surface area contributed by atoms with E-state index in [0.717, 1.165) is 6.92 Å². The number of ketones is 2. The van der Waals surface area contributed by atoms with Gasteiger partial charge < -0.3 is 5.53 Å². The molecule has 0 aliphatic carbocycles. The summed E-state index contributed by atoms with van der Waals surface area (Å²) in [4.78, 5) is 25.0. The van der Waals surface area contributed by atoms with Crippen molar-refractivity contribution in [2.75, 3.05) is 0 Å². The molecule has 0 radical (unpaired) electrons. The molecule has 106 valence electrons. The van der Waals surface area contributed by atoms with E-state index in [2.05, 4.69) is 4.79 Å². The molecular formula is C12H12N2O5S. The van der Waals surface area contributed by atoms with Gasteiger partial charge in [0.15, 0.2) is 0 Å². The molecule has 1 rings (SSSR count). The molecule has 7 nitrogen and oxygen atoms in total. The summed E-state index contributed by atoms with van der Waals surface area (Å²) in [6.45, 7) is 1.12. The molecule has 0 aliphatic heterocycles. The topological polar surface area (TPSA) is 125 Å². The second-order valence-corrected chi connectivity index (χ2v) is 5.47. The summed E-state index contributed by atoms with van der Waals surface area (Å²) in [5.74, 6) is -1.22. The molecular weight excluding hydrogens is 284 g/mol. The Bertz CT molecular complexity index is 685. The number of hydrogen-bond acceptors (Lipinski definition) is 4. The molecule has 1 N–H and O–H groups in total. The standard InChI is InChI=1S/C12H12N2O5S/c1-8(15)12(14-13)11(16)7-4-9-2-5-10(6-3-9)20(17,18)19/h2-3,5-6H,4,7H2,1H3,(H,17,18,19). The van der Waals surface area contributed by atoms with Crippen LogP contribution >= 0.6 is 0 Å². The Labute approximate surface area is 115 Å². The third-order valence-electron chi connectivity index (χ3n) is 2.56. The molecule has 0 saturated heterocycles. The first-order chi connectivity index (χ1) is 9.25. The molecule has 0 unspecified atom stereocenters. The first kappa shape index (κ1) is 15.9. The van der Waals surface area contributed by atoms with Crippen molar-refractivity contribution in [2.24, 2.45) is 0 Å². The summed E-state index contributed by atoms with van der Waals surface area (Å²) in [5, 5.41) is 0. The van der Waals surface area contributed by atoms with Crippen LogP contribution in [0.1, 0.15) is 18.9 Å². The number of benzene rings is 1. The zero-order valence-corrected chi connectivity index (χ0v) is 11.4. The Balaban J connectivity index is 2.75. The highest BCUT2D eigenvalue weighted by molar-refractivity contribution is 7.85. The van der Waals surface area contributed by atoms with Crippen molar-refractivity contribution in [1.29, 1.82) is 0 Å². The monoisotopic (exact) mass is 296 g/mol. The maximum atomic E-state index is 11.6. The van der Waals surface area contributed by atoms with E-state index in [-0.39, 0.29) is 17.7 Å². The number of carbonyl (C=O) groups excluding carboxylic acids is 2. The fourth-order valence-corrected chi connectivity index (χ4v) is 2.01. The molecule has 0 aliphatic rings. The zero-order chi connectivity index (χ0) is 15.3. The number of aryl methyl sites for hydroxylation is 1. The number of rotatable bonds is 6. The van der Waals surface area contributed by atoms with Gasteiger partial charge in [0.2, 0.25) is 11.6 Å². The van der Waals surface area contributed by atoms with Crippen molar-refractivity contribution in [3.05, 3.63) is 35.4 Å². The van der Waals surface area contributed by atoms with Gasteiger partial charge in [0.25, 0.3) is 10.1 Å². The molecule has 0 fully saturated rings. The van der Waals surface area contributed by atoms with Crippen molar-refractivity contribution in [3.63, 3.8) is 0 Å². The van der Waals surface area contributed by atoms with Crippen LogP contribution in [0.3, 0.4) is 0 Å². The largest absolute Gasteiger partial charge is 0.399 e. The van der Waals surface area contributed by atoms with Crippen molar-refractivity contribution >= 4 is 27.4 Å². The van der Waals surface area contributed by atoms with Crippen LogP contribution in [0, 0.1) is 0 Å². The average molecular weight is 296 g/mol. The molecule has 1 aromatic rings. The third kappa shape index (κ3) is 4.20. The van der Waals surface area contributed by atoms with Crippen molar-refractivity contribution < 1.29 is 27.3 Å². The van der Waals surface area contributed by atoms with Crippen LogP contribution in [-0.2, 0) is 26.1 Å². The van der Waals surface area contributed by atoms with Crippen LogP contribution in [0.2, 0.25) is 0 Å². The van der Waals surface area contributed by atoms with E-state index >= 15 is 0 Å².